The van der Waals surface area contributed by atoms with E-state index in [9.17, 15) is 4.79 Å². The summed E-state index contributed by atoms with van der Waals surface area (Å²) in [5, 5.41) is 3.61. The highest BCUT2D eigenvalue weighted by Crippen LogP contribution is 2.22. The van der Waals surface area contributed by atoms with Gasteiger partial charge in [0.1, 0.15) is 5.75 Å². The third-order valence-electron chi connectivity index (χ3n) is 3.88. The Labute approximate surface area is 159 Å². The summed E-state index contributed by atoms with van der Waals surface area (Å²) in [6.07, 6.45) is -0.540. The van der Waals surface area contributed by atoms with Crippen molar-refractivity contribution < 1.29 is 9.53 Å². The highest BCUT2D eigenvalue weighted by atomic mass is 35.5. The van der Waals surface area contributed by atoms with Crippen LogP contribution in [0.4, 0.5) is 0 Å². The second-order valence-corrected chi connectivity index (χ2v) is 7.45. The minimum atomic E-state index is -0.540. The van der Waals surface area contributed by atoms with Gasteiger partial charge in [0.05, 0.1) is 0 Å². The van der Waals surface area contributed by atoms with Gasteiger partial charge in [0.15, 0.2) is 6.10 Å². The van der Waals surface area contributed by atoms with Gasteiger partial charge in [-0.1, -0.05) is 35.9 Å². The number of benzene rings is 2. The Morgan fingerprint density at radius 3 is 2.68 bits per heavy atom. The lowest BCUT2D eigenvalue weighted by Crippen LogP contribution is -2.37. The van der Waals surface area contributed by atoms with Gasteiger partial charge in [-0.3, -0.25) is 4.79 Å². The number of rotatable bonds is 8. The Balaban J connectivity index is 1.69. The molecule has 134 valence electrons. The molecule has 2 aromatic rings. The van der Waals surface area contributed by atoms with Crippen molar-refractivity contribution in [1.82, 2.24) is 5.32 Å². The summed E-state index contributed by atoms with van der Waals surface area (Å²) in [6.45, 7) is 6.41. The molecule has 2 aromatic carbocycles. The molecule has 3 nitrogen and oxygen atoms in total. The Morgan fingerprint density at radius 1 is 1.20 bits per heavy atom. The van der Waals surface area contributed by atoms with Gasteiger partial charge in [0.2, 0.25) is 0 Å². The van der Waals surface area contributed by atoms with Crippen molar-refractivity contribution >= 4 is 29.3 Å². The zero-order valence-corrected chi connectivity index (χ0v) is 16.4. The van der Waals surface area contributed by atoms with Crippen LogP contribution < -0.4 is 10.1 Å². The van der Waals surface area contributed by atoms with Crippen molar-refractivity contribution in [3.63, 3.8) is 0 Å². The maximum atomic E-state index is 12.1. The first-order valence-corrected chi connectivity index (χ1v) is 9.83. The van der Waals surface area contributed by atoms with Crippen molar-refractivity contribution in [2.45, 2.75) is 32.6 Å². The van der Waals surface area contributed by atoms with Crippen LogP contribution in [0.1, 0.15) is 23.6 Å². The molecular formula is C20H24ClNO2S. The average molecular weight is 378 g/mol. The van der Waals surface area contributed by atoms with Crippen LogP contribution >= 0.6 is 23.4 Å². The highest BCUT2D eigenvalue weighted by Gasteiger charge is 2.14. The maximum absolute atomic E-state index is 12.1. The Bertz CT molecular complexity index is 721. The summed E-state index contributed by atoms with van der Waals surface area (Å²) < 4.78 is 5.68. The van der Waals surface area contributed by atoms with Crippen LogP contribution in [0.5, 0.6) is 5.75 Å². The summed E-state index contributed by atoms with van der Waals surface area (Å²) in [7, 11) is 0. The lowest BCUT2D eigenvalue weighted by molar-refractivity contribution is -0.127. The van der Waals surface area contributed by atoms with Gasteiger partial charge >= 0.3 is 0 Å². The fraction of sp³-hybridized carbons (Fsp3) is 0.350. The Hall–Kier alpha value is -1.65. The van der Waals surface area contributed by atoms with E-state index in [1.807, 2.05) is 30.8 Å². The van der Waals surface area contributed by atoms with Gasteiger partial charge in [-0.25, -0.2) is 0 Å². The van der Waals surface area contributed by atoms with Crippen LogP contribution in [-0.4, -0.2) is 24.3 Å². The minimum absolute atomic E-state index is 0.107. The second kappa shape index (κ2) is 9.73. The van der Waals surface area contributed by atoms with E-state index in [4.69, 9.17) is 16.3 Å². The SMILES string of the molecule is Cc1cc(O[C@@H](C)C(=O)NCCSCc2ccccc2C)ccc1Cl. The normalized spacial score (nSPS) is 11.8. The molecule has 0 bridgehead atoms. The van der Waals surface area contributed by atoms with Crippen molar-refractivity contribution in [1.29, 1.82) is 0 Å². The molecule has 5 heteroatoms. The summed E-state index contributed by atoms with van der Waals surface area (Å²) in [4.78, 5) is 12.1. The molecule has 0 heterocycles. The minimum Gasteiger partial charge on any atom is -0.481 e. The summed E-state index contributed by atoms with van der Waals surface area (Å²) in [5.41, 5.74) is 3.58. The lowest BCUT2D eigenvalue weighted by atomic mass is 10.1. The van der Waals surface area contributed by atoms with E-state index < -0.39 is 6.10 Å². The molecule has 1 N–H and O–H groups in total. The predicted molar refractivity (Wildman–Crippen MR) is 107 cm³/mol. The van der Waals surface area contributed by atoms with E-state index in [0.717, 1.165) is 17.1 Å². The third kappa shape index (κ3) is 6.29. The fourth-order valence-electron chi connectivity index (χ4n) is 2.29. The van der Waals surface area contributed by atoms with Gasteiger partial charge in [-0.2, -0.15) is 11.8 Å². The van der Waals surface area contributed by atoms with Gasteiger partial charge in [-0.05, 0) is 55.7 Å². The first kappa shape index (κ1) is 19.7. The number of ether oxygens (including phenoxy) is 1. The molecule has 0 aromatic heterocycles. The van der Waals surface area contributed by atoms with Crippen LogP contribution in [0.25, 0.3) is 0 Å². The molecule has 1 atom stereocenters. The number of aryl methyl sites for hydroxylation is 2. The first-order valence-electron chi connectivity index (χ1n) is 8.30. The topological polar surface area (TPSA) is 38.3 Å². The maximum Gasteiger partial charge on any atom is 0.260 e. The quantitative estimate of drug-likeness (QED) is 0.673. The molecule has 0 aliphatic rings. The monoisotopic (exact) mass is 377 g/mol. The standard InChI is InChI=1S/C20H24ClNO2S/c1-14-6-4-5-7-17(14)13-25-11-10-22-20(23)16(3)24-18-8-9-19(21)15(2)12-18/h4-9,12,16H,10-11,13H2,1-3H3,(H,22,23)/t16-/m0/s1. The number of hydrogen-bond donors (Lipinski definition) is 1. The van der Waals surface area contributed by atoms with E-state index in [2.05, 4.69) is 30.4 Å². The Morgan fingerprint density at radius 2 is 1.96 bits per heavy atom. The molecule has 0 aliphatic heterocycles. The van der Waals surface area contributed by atoms with E-state index in [0.29, 0.717) is 17.3 Å². The molecule has 25 heavy (non-hydrogen) atoms. The predicted octanol–water partition coefficient (Wildman–Crippen LogP) is 4.77. The van der Waals surface area contributed by atoms with E-state index in [-0.39, 0.29) is 5.91 Å². The molecule has 1 amide bonds. The molecule has 0 aliphatic carbocycles. The number of nitrogens with one attached hydrogen (secondary N) is 1. The van der Waals surface area contributed by atoms with Crippen LogP contribution in [0.3, 0.4) is 0 Å². The number of carbonyl (C=O) groups is 1. The van der Waals surface area contributed by atoms with Gasteiger partial charge in [-0.15, -0.1) is 0 Å². The highest BCUT2D eigenvalue weighted by molar-refractivity contribution is 7.98. The van der Waals surface area contributed by atoms with Gasteiger partial charge < -0.3 is 10.1 Å². The van der Waals surface area contributed by atoms with Crippen molar-refractivity contribution in [3.8, 4) is 5.75 Å². The van der Waals surface area contributed by atoms with Gasteiger partial charge in [0.25, 0.3) is 5.91 Å². The number of amides is 1. The molecule has 0 saturated heterocycles. The zero-order chi connectivity index (χ0) is 18.2. The lowest BCUT2D eigenvalue weighted by Gasteiger charge is -2.15. The molecular weight excluding hydrogens is 354 g/mol. The van der Waals surface area contributed by atoms with Gasteiger partial charge in [0, 0.05) is 23.1 Å². The second-order valence-electron chi connectivity index (χ2n) is 5.94. The molecule has 0 saturated carbocycles. The third-order valence-corrected chi connectivity index (χ3v) is 5.31. The zero-order valence-electron chi connectivity index (χ0n) is 14.8. The molecule has 0 fully saturated rings. The summed E-state index contributed by atoms with van der Waals surface area (Å²) >= 11 is 7.81. The number of thioether (sulfide) groups is 1. The van der Waals surface area contributed by atoms with Crippen LogP contribution in [0.2, 0.25) is 5.02 Å². The average Bonchev–Trinajstić information content (AvgIpc) is 2.59. The Kier molecular flexibility index (Phi) is 7.66. The smallest absolute Gasteiger partial charge is 0.260 e. The molecule has 0 unspecified atom stereocenters. The van der Waals surface area contributed by atoms with E-state index in [1.54, 1.807) is 19.1 Å². The van der Waals surface area contributed by atoms with Crippen LogP contribution in [-0.2, 0) is 10.5 Å². The van der Waals surface area contributed by atoms with E-state index in [1.165, 1.54) is 11.1 Å². The molecule has 2 rings (SSSR count). The number of halogens is 1. The van der Waals surface area contributed by atoms with Crippen molar-refractivity contribution in [3.05, 3.63) is 64.2 Å². The van der Waals surface area contributed by atoms with Crippen LogP contribution in [0, 0.1) is 13.8 Å². The number of hydrogen-bond acceptors (Lipinski definition) is 3. The fourth-order valence-corrected chi connectivity index (χ4v) is 3.34. The largest absolute Gasteiger partial charge is 0.481 e. The first-order chi connectivity index (χ1) is 12.0. The van der Waals surface area contributed by atoms with E-state index >= 15 is 0 Å². The van der Waals surface area contributed by atoms with Crippen molar-refractivity contribution in [2.24, 2.45) is 0 Å². The molecule has 0 radical (unpaired) electrons. The van der Waals surface area contributed by atoms with Crippen molar-refractivity contribution in [2.75, 3.05) is 12.3 Å². The summed E-state index contributed by atoms with van der Waals surface area (Å²) in [5.74, 6) is 2.37. The molecule has 0 spiro atoms. The summed E-state index contributed by atoms with van der Waals surface area (Å²) in [6, 6.07) is 13.8. The number of carbonyl (C=O) groups excluding carboxylic acids is 1. The van der Waals surface area contributed by atoms with Crippen LogP contribution in [0.15, 0.2) is 42.5 Å².